The quantitative estimate of drug-likeness (QED) is 0.625. The van der Waals surface area contributed by atoms with Crippen molar-refractivity contribution >= 4 is 5.97 Å². The van der Waals surface area contributed by atoms with E-state index in [9.17, 15) is 9.90 Å². The van der Waals surface area contributed by atoms with Gasteiger partial charge in [0.25, 0.3) is 0 Å². The van der Waals surface area contributed by atoms with Crippen LogP contribution in [-0.4, -0.2) is 48.2 Å². The molecule has 0 aromatic heterocycles. The number of ether oxygens (including phenoxy) is 4. The van der Waals surface area contributed by atoms with Crippen molar-refractivity contribution in [1.82, 2.24) is 0 Å². The molecule has 32 heavy (non-hydrogen) atoms. The molecule has 1 heterocycles. The first-order valence-corrected chi connectivity index (χ1v) is 11.1. The molecular formula is C26H34O6. The summed E-state index contributed by atoms with van der Waals surface area (Å²) in [5, 5.41) is 10.0. The Morgan fingerprint density at radius 3 is 1.84 bits per heavy atom. The lowest BCUT2D eigenvalue weighted by molar-refractivity contribution is -0.262. The van der Waals surface area contributed by atoms with Gasteiger partial charge < -0.3 is 24.1 Å². The van der Waals surface area contributed by atoms with E-state index in [0.29, 0.717) is 13.2 Å². The minimum Gasteiger partial charge on any atom is -0.456 e. The fraction of sp³-hybridized carbons (Fsp3) is 0.500. The molecule has 1 fully saturated rings. The Labute approximate surface area is 190 Å². The van der Waals surface area contributed by atoms with E-state index in [1.165, 1.54) is 0 Å². The molecule has 6 nitrogen and oxygen atoms in total. The summed E-state index contributed by atoms with van der Waals surface area (Å²) in [6, 6.07) is 19.6. The van der Waals surface area contributed by atoms with Crippen molar-refractivity contribution in [2.24, 2.45) is 5.41 Å². The summed E-state index contributed by atoms with van der Waals surface area (Å²) in [5.74, 6) is -0.337. The topological polar surface area (TPSA) is 74.2 Å². The third-order valence-electron chi connectivity index (χ3n) is 5.47. The molecule has 3 rings (SSSR count). The predicted molar refractivity (Wildman–Crippen MR) is 121 cm³/mol. The summed E-state index contributed by atoms with van der Waals surface area (Å²) in [6.45, 7) is 7.68. The first-order chi connectivity index (χ1) is 15.3. The van der Waals surface area contributed by atoms with Crippen LogP contribution in [-0.2, 0) is 37.0 Å². The molecule has 1 aliphatic heterocycles. The van der Waals surface area contributed by atoms with Gasteiger partial charge in [0, 0.05) is 0 Å². The molecule has 1 saturated heterocycles. The number of hydrogen-bond acceptors (Lipinski definition) is 6. The van der Waals surface area contributed by atoms with Crippen molar-refractivity contribution in [3.05, 3.63) is 71.8 Å². The maximum absolute atomic E-state index is 12.7. The molecule has 1 aliphatic rings. The molecule has 0 amide bonds. The zero-order chi connectivity index (χ0) is 23.1. The highest BCUT2D eigenvalue weighted by atomic mass is 16.6. The Morgan fingerprint density at radius 1 is 0.875 bits per heavy atom. The highest BCUT2D eigenvalue weighted by molar-refractivity contribution is 5.75. The number of carbonyl (C=O) groups is 1. The van der Waals surface area contributed by atoms with E-state index in [1.54, 1.807) is 0 Å². The highest BCUT2D eigenvalue weighted by Crippen LogP contribution is 2.31. The van der Waals surface area contributed by atoms with Gasteiger partial charge in [0.15, 0.2) is 6.10 Å². The molecule has 174 valence electrons. The normalized spacial score (nSPS) is 26.0. The Hall–Kier alpha value is -2.25. The molecule has 1 N–H and O–H groups in total. The van der Waals surface area contributed by atoms with E-state index >= 15 is 0 Å². The van der Waals surface area contributed by atoms with Crippen molar-refractivity contribution < 1.29 is 28.8 Å². The molecule has 6 heteroatoms. The second kappa shape index (κ2) is 11.1. The van der Waals surface area contributed by atoms with Crippen molar-refractivity contribution in [1.29, 1.82) is 0 Å². The van der Waals surface area contributed by atoms with Crippen LogP contribution in [0.3, 0.4) is 0 Å². The smallest absolute Gasteiger partial charge is 0.311 e. The first-order valence-electron chi connectivity index (χ1n) is 11.1. The molecule has 0 bridgehead atoms. The van der Waals surface area contributed by atoms with E-state index in [-0.39, 0.29) is 12.6 Å². The maximum Gasteiger partial charge on any atom is 0.311 e. The number of aliphatic hydroxyl groups is 1. The summed E-state index contributed by atoms with van der Waals surface area (Å²) in [5.41, 5.74) is 1.32. The van der Waals surface area contributed by atoms with E-state index in [0.717, 1.165) is 11.1 Å². The van der Waals surface area contributed by atoms with Gasteiger partial charge in [0.2, 0.25) is 0 Å². The zero-order valence-corrected chi connectivity index (χ0v) is 19.3. The predicted octanol–water partition coefficient (Wildman–Crippen LogP) is 3.89. The summed E-state index contributed by atoms with van der Waals surface area (Å²) < 4.78 is 24.4. The summed E-state index contributed by atoms with van der Waals surface area (Å²) >= 11 is 0. The largest absolute Gasteiger partial charge is 0.456 e. The minimum absolute atomic E-state index is 0.227. The molecule has 2 aromatic rings. The lowest BCUT2D eigenvalue weighted by atomic mass is 9.93. The van der Waals surface area contributed by atoms with Gasteiger partial charge in [-0.2, -0.15) is 0 Å². The Morgan fingerprint density at radius 2 is 1.38 bits per heavy atom. The maximum atomic E-state index is 12.7. The molecule has 5 atom stereocenters. The average molecular weight is 443 g/mol. The Bertz CT molecular complexity index is 832. The van der Waals surface area contributed by atoms with Crippen LogP contribution in [0.25, 0.3) is 0 Å². The van der Waals surface area contributed by atoms with E-state index in [2.05, 4.69) is 0 Å². The van der Waals surface area contributed by atoms with Gasteiger partial charge in [0.1, 0.15) is 18.3 Å². The zero-order valence-electron chi connectivity index (χ0n) is 19.3. The molecular weight excluding hydrogens is 408 g/mol. The van der Waals surface area contributed by atoms with Crippen LogP contribution < -0.4 is 0 Å². The van der Waals surface area contributed by atoms with Gasteiger partial charge in [-0.15, -0.1) is 0 Å². The van der Waals surface area contributed by atoms with Crippen LogP contribution in [0.2, 0.25) is 0 Å². The second-order valence-corrected chi connectivity index (χ2v) is 9.20. The molecule has 0 aliphatic carbocycles. The lowest BCUT2D eigenvalue weighted by Gasteiger charge is -2.45. The van der Waals surface area contributed by atoms with E-state index < -0.39 is 35.9 Å². The first kappa shape index (κ1) is 24.4. The number of rotatable bonds is 8. The monoisotopic (exact) mass is 442 g/mol. The van der Waals surface area contributed by atoms with Crippen molar-refractivity contribution in [2.45, 2.75) is 71.4 Å². The second-order valence-electron chi connectivity index (χ2n) is 9.20. The average Bonchev–Trinajstić information content (AvgIpc) is 2.78. The number of hydrogen-bond donors (Lipinski definition) is 1. The van der Waals surface area contributed by atoms with Crippen molar-refractivity contribution in [3.63, 3.8) is 0 Å². The lowest BCUT2D eigenvalue weighted by Crippen LogP contribution is -2.61. The fourth-order valence-electron chi connectivity index (χ4n) is 3.63. The van der Waals surface area contributed by atoms with Gasteiger partial charge in [-0.25, -0.2) is 0 Å². The highest BCUT2D eigenvalue weighted by Gasteiger charge is 2.48. The molecule has 0 spiro atoms. The number of esters is 1. The van der Waals surface area contributed by atoms with Crippen LogP contribution in [0, 0.1) is 5.41 Å². The number of benzene rings is 2. The van der Waals surface area contributed by atoms with Crippen LogP contribution >= 0.6 is 0 Å². The van der Waals surface area contributed by atoms with Crippen molar-refractivity contribution in [3.8, 4) is 0 Å². The van der Waals surface area contributed by atoms with Gasteiger partial charge in [0.05, 0.1) is 31.3 Å². The van der Waals surface area contributed by atoms with E-state index in [4.69, 9.17) is 18.9 Å². The summed E-state index contributed by atoms with van der Waals surface area (Å²) in [7, 11) is 0. The molecule has 0 saturated carbocycles. The third-order valence-corrected chi connectivity index (χ3v) is 5.47. The van der Waals surface area contributed by atoms with Crippen LogP contribution in [0.15, 0.2) is 60.7 Å². The third kappa shape index (κ3) is 6.39. The SMILES string of the molecule is CC1OC(CO)[C@H](OCc2ccccc2)C(OCc2ccccc2)[C@H]1OC(=O)C(C)(C)C. The molecule has 2 aromatic carbocycles. The van der Waals surface area contributed by atoms with Crippen LogP contribution in [0.1, 0.15) is 38.8 Å². The fourth-order valence-corrected chi connectivity index (χ4v) is 3.63. The van der Waals surface area contributed by atoms with Gasteiger partial charge in [-0.3, -0.25) is 4.79 Å². The molecule has 3 unspecified atom stereocenters. The Balaban J connectivity index is 1.84. The number of carbonyl (C=O) groups excluding carboxylic acids is 1. The Kier molecular flexibility index (Phi) is 8.43. The number of aliphatic hydroxyl groups excluding tert-OH is 1. The minimum atomic E-state index is -0.672. The molecule has 0 radical (unpaired) electrons. The van der Waals surface area contributed by atoms with Crippen LogP contribution in [0.4, 0.5) is 0 Å². The van der Waals surface area contributed by atoms with Gasteiger partial charge in [-0.1, -0.05) is 60.7 Å². The summed E-state index contributed by atoms with van der Waals surface area (Å²) in [6.07, 6.45) is -2.95. The standard InChI is InChI=1S/C26H34O6/c1-18-22(32-25(28)26(2,3)4)24(30-17-20-13-9-6-10-14-20)23(21(15-27)31-18)29-16-19-11-7-5-8-12-19/h5-14,18,21-24,27H,15-17H2,1-4H3/t18?,21?,22-,23-,24?/m0/s1. The van der Waals surface area contributed by atoms with Crippen LogP contribution in [0.5, 0.6) is 0 Å². The van der Waals surface area contributed by atoms with Gasteiger partial charge >= 0.3 is 5.97 Å². The summed E-state index contributed by atoms with van der Waals surface area (Å²) in [4.78, 5) is 12.7. The van der Waals surface area contributed by atoms with E-state index in [1.807, 2.05) is 88.4 Å². The van der Waals surface area contributed by atoms with Gasteiger partial charge in [-0.05, 0) is 38.8 Å². The van der Waals surface area contributed by atoms with Crippen molar-refractivity contribution in [2.75, 3.05) is 6.61 Å².